The van der Waals surface area contributed by atoms with Crippen LogP contribution >= 0.6 is 0 Å². The normalized spacial score (nSPS) is 10.9. The summed E-state index contributed by atoms with van der Waals surface area (Å²) < 4.78 is 28.9. The van der Waals surface area contributed by atoms with Crippen molar-refractivity contribution >= 4 is 28.4 Å². The van der Waals surface area contributed by atoms with Crippen molar-refractivity contribution in [3.8, 4) is 0 Å². The van der Waals surface area contributed by atoms with Gasteiger partial charge >= 0.3 is 0 Å². The van der Waals surface area contributed by atoms with Crippen LogP contribution in [0.1, 0.15) is 16.1 Å². The third kappa shape index (κ3) is 3.47. The highest BCUT2D eigenvalue weighted by Crippen LogP contribution is 2.20. The topological polar surface area (TPSA) is 112 Å². The molecule has 1 amide bonds. The predicted octanol–water partition coefficient (Wildman–Crippen LogP) is 2.39. The fourth-order valence-electron chi connectivity index (χ4n) is 2.64. The van der Waals surface area contributed by atoms with Gasteiger partial charge in [0.2, 0.25) is 0 Å². The molecule has 4 aromatic rings. The Kier molecular flexibility index (Phi) is 4.36. The molecule has 0 atom stereocenters. The van der Waals surface area contributed by atoms with Crippen LogP contribution in [0.4, 0.5) is 20.4 Å². The van der Waals surface area contributed by atoms with E-state index in [2.05, 4.69) is 25.4 Å². The van der Waals surface area contributed by atoms with E-state index in [4.69, 9.17) is 5.73 Å². The third-order valence-electron chi connectivity index (χ3n) is 4.01. The molecule has 0 aliphatic heterocycles. The van der Waals surface area contributed by atoms with Crippen LogP contribution in [-0.4, -0.2) is 30.6 Å². The largest absolute Gasteiger partial charge is 0.364 e. The molecule has 8 nitrogen and oxygen atoms in total. The first-order valence-corrected chi connectivity index (χ1v) is 8.14. The molecule has 0 unspecified atom stereocenters. The predicted molar refractivity (Wildman–Crippen MR) is 96.8 cm³/mol. The number of halogens is 2. The first-order chi connectivity index (χ1) is 13.5. The maximum Gasteiger partial charge on any atom is 0.268 e. The fourth-order valence-corrected chi connectivity index (χ4v) is 2.64. The van der Waals surface area contributed by atoms with Crippen molar-refractivity contribution in [3.05, 3.63) is 71.9 Å². The Bertz CT molecular complexity index is 1170. The minimum absolute atomic E-state index is 0.0455. The zero-order valence-electron chi connectivity index (χ0n) is 14.3. The quantitative estimate of drug-likeness (QED) is 0.549. The Hall–Kier alpha value is -3.95. The van der Waals surface area contributed by atoms with Gasteiger partial charge in [0.05, 0.1) is 30.7 Å². The summed E-state index contributed by atoms with van der Waals surface area (Å²) >= 11 is 0. The average Bonchev–Trinajstić information content (AvgIpc) is 3.07. The van der Waals surface area contributed by atoms with Gasteiger partial charge in [-0.2, -0.15) is 5.10 Å². The smallest absolute Gasteiger partial charge is 0.268 e. The van der Waals surface area contributed by atoms with E-state index < -0.39 is 17.5 Å². The highest BCUT2D eigenvalue weighted by atomic mass is 19.1. The van der Waals surface area contributed by atoms with Crippen LogP contribution in [0.5, 0.6) is 0 Å². The van der Waals surface area contributed by atoms with Crippen molar-refractivity contribution < 1.29 is 13.6 Å². The fraction of sp³-hybridized carbons (Fsp3) is 0.0556. The molecule has 28 heavy (non-hydrogen) atoms. The summed E-state index contributed by atoms with van der Waals surface area (Å²) in [7, 11) is 0. The zero-order valence-corrected chi connectivity index (χ0v) is 14.3. The molecule has 0 aliphatic rings. The number of hydrogen-bond donors (Lipinski definition) is 2. The Balaban J connectivity index is 1.62. The van der Waals surface area contributed by atoms with E-state index in [0.29, 0.717) is 17.2 Å². The molecule has 3 heterocycles. The van der Waals surface area contributed by atoms with Crippen LogP contribution < -0.4 is 11.1 Å². The van der Waals surface area contributed by atoms with Crippen molar-refractivity contribution in [2.75, 3.05) is 5.32 Å². The van der Waals surface area contributed by atoms with E-state index >= 15 is 0 Å². The highest BCUT2D eigenvalue weighted by Gasteiger charge is 2.10. The van der Waals surface area contributed by atoms with Gasteiger partial charge in [-0.25, -0.2) is 23.7 Å². The SMILES string of the molecule is NC(=O)c1cnc(Nc2cc3c(cn2)cnn3Cc2cc(F)ccc2F)cn1. The molecule has 1 aromatic carbocycles. The molecule has 0 aliphatic carbocycles. The molecule has 10 heteroatoms. The number of benzene rings is 1. The maximum atomic E-state index is 13.9. The van der Waals surface area contributed by atoms with Crippen molar-refractivity contribution in [1.29, 1.82) is 0 Å². The van der Waals surface area contributed by atoms with E-state index in [9.17, 15) is 13.6 Å². The van der Waals surface area contributed by atoms with Gasteiger partial charge in [0.25, 0.3) is 5.91 Å². The molecular weight excluding hydrogens is 368 g/mol. The van der Waals surface area contributed by atoms with Gasteiger partial charge in [0, 0.05) is 23.2 Å². The number of carbonyl (C=O) groups is 1. The summed E-state index contributed by atoms with van der Waals surface area (Å²) in [5.41, 5.74) is 6.03. The number of hydrogen-bond acceptors (Lipinski definition) is 6. The lowest BCUT2D eigenvalue weighted by molar-refractivity contribution is 0.0995. The lowest BCUT2D eigenvalue weighted by atomic mass is 10.2. The standard InChI is InChI=1S/C18H13F2N7O/c19-12-1-2-13(20)10(3-12)9-27-15-4-16(23-5-11(15)6-25-27)26-17-8-22-14(7-24-17)18(21)28/h1-8H,9H2,(H2,21,28)(H,23,24,26). The highest BCUT2D eigenvalue weighted by molar-refractivity contribution is 5.90. The number of primary amides is 1. The van der Waals surface area contributed by atoms with Crippen LogP contribution in [0, 0.1) is 11.6 Å². The van der Waals surface area contributed by atoms with Crippen LogP contribution in [0.2, 0.25) is 0 Å². The summed E-state index contributed by atoms with van der Waals surface area (Å²) in [5.74, 6) is -0.904. The van der Waals surface area contributed by atoms with E-state index in [1.165, 1.54) is 12.4 Å². The molecule has 0 bridgehead atoms. The Morgan fingerprint density at radius 3 is 2.61 bits per heavy atom. The number of fused-ring (bicyclic) bond motifs is 1. The van der Waals surface area contributed by atoms with Crippen molar-refractivity contribution in [2.24, 2.45) is 5.73 Å². The lowest BCUT2D eigenvalue weighted by Gasteiger charge is -2.08. The third-order valence-corrected chi connectivity index (χ3v) is 4.01. The molecule has 0 radical (unpaired) electrons. The van der Waals surface area contributed by atoms with E-state index in [1.807, 2.05) is 0 Å². The van der Waals surface area contributed by atoms with Crippen molar-refractivity contribution in [1.82, 2.24) is 24.7 Å². The summed E-state index contributed by atoms with van der Waals surface area (Å²) in [6.07, 6.45) is 5.78. The molecule has 0 fully saturated rings. The zero-order chi connectivity index (χ0) is 19.7. The van der Waals surface area contributed by atoms with Gasteiger partial charge in [0.15, 0.2) is 0 Å². The van der Waals surface area contributed by atoms with Crippen LogP contribution in [-0.2, 0) is 6.54 Å². The van der Waals surface area contributed by atoms with Gasteiger partial charge in [-0.1, -0.05) is 0 Å². The molecule has 0 saturated carbocycles. The molecule has 140 valence electrons. The molecule has 0 saturated heterocycles. The summed E-state index contributed by atoms with van der Waals surface area (Å²) in [6.45, 7) is 0.0592. The number of rotatable bonds is 5. The Labute approximate surface area is 157 Å². The van der Waals surface area contributed by atoms with Crippen LogP contribution in [0.15, 0.2) is 49.1 Å². The van der Waals surface area contributed by atoms with Gasteiger partial charge in [0.1, 0.15) is 29.0 Å². The van der Waals surface area contributed by atoms with Crippen molar-refractivity contribution in [3.63, 3.8) is 0 Å². The second-order valence-corrected chi connectivity index (χ2v) is 5.94. The first-order valence-electron chi connectivity index (χ1n) is 8.14. The molecule has 3 aromatic heterocycles. The summed E-state index contributed by atoms with van der Waals surface area (Å²) in [4.78, 5) is 23.2. The van der Waals surface area contributed by atoms with Crippen molar-refractivity contribution in [2.45, 2.75) is 6.54 Å². The maximum absolute atomic E-state index is 13.9. The summed E-state index contributed by atoms with van der Waals surface area (Å²) in [6, 6.07) is 4.98. The number of anilines is 2. The number of aromatic nitrogens is 5. The van der Waals surface area contributed by atoms with E-state index in [0.717, 1.165) is 23.6 Å². The minimum Gasteiger partial charge on any atom is -0.364 e. The molecule has 4 rings (SSSR count). The number of nitrogens with two attached hydrogens (primary N) is 1. The van der Waals surface area contributed by atoms with Gasteiger partial charge < -0.3 is 11.1 Å². The van der Waals surface area contributed by atoms with E-state index in [-0.39, 0.29) is 17.8 Å². The number of carbonyl (C=O) groups excluding carboxylic acids is 1. The minimum atomic E-state index is -0.674. The average molecular weight is 381 g/mol. The van der Waals surface area contributed by atoms with E-state index in [1.54, 1.807) is 23.1 Å². The second-order valence-electron chi connectivity index (χ2n) is 5.94. The first kappa shape index (κ1) is 17.5. The number of pyridine rings is 1. The van der Waals surface area contributed by atoms with Gasteiger partial charge in [-0.3, -0.25) is 9.48 Å². The lowest BCUT2D eigenvalue weighted by Crippen LogP contribution is -2.13. The van der Waals surface area contributed by atoms with Gasteiger partial charge in [-0.15, -0.1) is 0 Å². The molecular formula is C18H13F2N7O. The second kappa shape index (κ2) is 6.99. The number of nitrogens with zero attached hydrogens (tertiary/aromatic N) is 5. The van der Waals surface area contributed by atoms with Crippen LogP contribution in [0.25, 0.3) is 10.9 Å². The Morgan fingerprint density at radius 2 is 1.86 bits per heavy atom. The summed E-state index contributed by atoms with van der Waals surface area (Å²) in [5, 5.41) is 7.91. The Morgan fingerprint density at radius 1 is 1.04 bits per heavy atom. The molecule has 3 N–H and O–H groups in total. The molecule has 0 spiro atoms. The van der Waals surface area contributed by atoms with Crippen LogP contribution in [0.3, 0.4) is 0 Å². The number of nitrogens with one attached hydrogen (secondary N) is 1. The monoisotopic (exact) mass is 381 g/mol. The number of amides is 1. The van der Waals surface area contributed by atoms with Gasteiger partial charge in [-0.05, 0) is 18.2 Å².